The third-order valence-corrected chi connectivity index (χ3v) is 4.74. The van der Waals surface area contributed by atoms with Gasteiger partial charge in [-0.25, -0.2) is 0 Å². The van der Waals surface area contributed by atoms with Crippen molar-refractivity contribution in [2.45, 2.75) is 6.42 Å². The van der Waals surface area contributed by atoms with Crippen LogP contribution in [0, 0.1) is 4.91 Å². The lowest BCUT2D eigenvalue weighted by atomic mass is 10.1. The summed E-state index contributed by atoms with van der Waals surface area (Å²) in [7, 11) is 0. The normalized spacial score (nSPS) is 14.3. The van der Waals surface area contributed by atoms with Crippen LogP contribution >= 0.6 is 23.1 Å². The Hall–Kier alpha value is -1.93. The molecule has 1 aliphatic heterocycles. The number of ketones is 2. The average molecular weight is 309 g/mol. The molecule has 2 aromatic heterocycles. The van der Waals surface area contributed by atoms with Gasteiger partial charge in [0.1, 0.15) is 0 Å². The van der Waals surface area contributed by atoms with E-state index in [0.29, 0.717) is 9.78 Å². The maximum atomic E-state index is 12.3. The first-order chi connectivity index (χ1) is 9.68. The zero-order valence-corrected chi connectivity index (χ0v) is 11.8. The highest BCUT2D eigenvalue weighted by atomic mass is 32.2. The molecule has 8 heteroatoms. The summed E-state index contributed by atoms with van der Waals surface area (Å²) in [6.45, 7) is 0. The summed E-state index contributed by atoms with van der Waals surface area (Å²) < 4.78 is 4.61. The molecule has 0 bridgehead atoms. The smallest absolute Gasteiger partial charge is 0.284 e. The lowest BCUT2D eigenvalue weighted by molar-refractivity contribution is -0.714. The van der Waals surface area contributed by atoms with Crippen molar-refractivity contribution in [2.75, 3.05) is 5.75 Å². The highest BCUT2D eigenvalue weighted by Crippen LogP contribution is 2.28. The van der Waals surface area contributed by atoms with Gasteiger partial charge in [0, 0.05) is 5.75 Å². The van der Waals surface area contributed by atoms with Gasteiger partial charge in [0.05, 0.1) is 9.78 Å². The molecule has 3 heterocycles. The Morgan fingerprint density at radius 3 is 2.85 bits per heavy atom. The van der Waals surface area contributed by atoms with Gasteiger partial charge in [-0.3, -0.25) is 9.59 Å². The van der Waals surface area contributed by atoms with Crippen molar-refractivity contribution in [1.29, 1.82) is 0 Å². The Labute approximate surface area is 121 Å². The Balaban J connectivity index is 2.04. The molecule has 1 aliphatic rings. The van der Waals surface area contributed by atoms with E-state index in [4.69, 9.17) is 0 Å². The number of thioether (sulfide) groups is 1. The Bertz CT molecular complexity index is 755. The van der Waals surface area contributed by atoms with Crippen molar-refractivity contribution < 1.29 is 18.8 Å². The summed E-state index contributed by atoms with van der Waals surface area (Å²) in [5.74, 6) is -0.0810. The van der Waals surface area contributed by atoms with Gasteiger partial charge in [-0.2, -0.15) is 0 Å². The molecule has 6 nitrogen and oxygen atoms in total. The van der Waals surface area contributed by atoms with Crippen molar-refractivity contribution in [1.82, 2.24) is 5.16 Å². The SMILES string of the molecule is O=C(C1=CCCS1)c1[nH]o[n+](=O)c1C(=O)c1cccs1. The molecule has 0 spiro atoms. The largest absolute Gasteiger partial charge is 0.324 e. The summed E-state index contributed by atoms with van der Waals surface area (Å²) in [6.07, 6.45) is 2.59. The number of thiophene rings is 1. The molecule has 0 unspecified atom stereocenters. The first-order valence-electron chi connectivity index (χ1n) is 5.79. The number of aromatic nitrogens is 2. The molecule has 3 rings (SSSR count). The van der Waals surface area contributed by atoms with Gasteiger partial charge in [-0.05, 0) is 22.8 Å². The van der Waals surface area contributed by atoms with E-state index >= 15 is 0 Å². The molecule has 0 saturated heterocycles. The number of Topliss-reactive ketones (excluding diaryl/α,β-unsaturated/α-hetero) is 1. The summed E-state index contributed by atoms with van der Waals surface area (Å²) in [4.78, 5) is 37.1. The Morgan fingerprint density at radius 2 is 2.20 bits per heavy atom. The van der Waals surface area contributed by atoms with Crippen LogP contribution in [0.3, 0.4) is 0 Å². The van der Waals surface area contributed by atoms with E-state index in [1.54, 1.807) is 23.6 Å². The molecule has 0 aliphatic carbocycles. The number of carbonyl (C=O) groups is 2. The van der Waals surface area contributed by atoms with E-state index in [-0.39, 0.29) is 21.8 Å². The molecule has 0 radical (unpaired) electrons. The number of nitrogens with one attached hydrogen (secondary N) is 1. The lowest BCUT2D eigenvalue weighted by Crippen LogP contribution is -2.23. The van der Waals surface area contributed by atoms with Crippen molar-refractivity contribution in [2.24, 2.45) is 0 Å². The summed E-state index contributed by atoms with van der Waals surface area (Å²) >= 11 is 2.60. The number of allylic oxidation sites excluding steroid dienone is 2. The van der Waals surface area contributed by atoms with Crippen molar-refractivity contribution >= 4 is 34.7 Å². The second kappa shape index (κ2) is 5.22. The lowest BCUT2D eigenvalue weighted by Gasteiger charge is -1.94. The van der Waals surface area contributed by atoms with Crippen LogP contribution in [0.25, 0.3) is 0 Å². The zero-order chi connectivity index (χ0) is 14.1. The molecule has 0 atom stereocenters. The predicted molar refractivity (Wildman–Crippen MR) is 73.7 cm³/mol. The van der Waals surface area contributed by atoms with Crippen LogP contribution < -0.4 is 4.60 Å². The maximum absolute atomic E-state index is 12.3. The molecular weight excluding hydrogens is 300 g/mol. The molecule has 0 aromatic carbocycles. The topological polar surface area (TPSA) is 86.0 Å². The van der Waals surface area contributed by atoms with Gasteiger partial charge >= 0.3 is 5.69 Å². The fraction of sp³-hybridized carbons (Fsp3) is 0.167. The van der Waals surface area contributed by atoms with Gasteiger partial charge < -0.3 is 0 Å². The molecular formula is C12H9N2O4S2+. The molecule has 0 amide bonds. The third-order valence-electron chi connectivity index (χ3n) is 2.77. The van der Waals surface area contributed by atoms with Crippen LogP contribution in [0.1, 0.15) is 32.3 Å². The first-order valence-corrected chi connectivity index (χ1v) is 7.65. The first kappa shape index (κ1) is 13.1. The Morgan fingerprint density at radius 1 is 1.35 bits per heavy atom. The highest BCUT2D eigenvalue weighted by molar-refractivity contribution is 8.04. The quantitative estimate of drug-likeness (QED) is 0.873. The number of H-pyrrole nitrogens is 1. The van der Waals surface area contributed by atoms with E-state index in [1.807, 2.05) is 0 Å². The van der Waals surface area contributed by atoms with Crippen molar-refractivity contribution in [3.8, 4) is 0 Å². The Kier molecular flexibility index (Phi) is 3.41. The van der Waals surface area contributed by atoms with E-state index in [0.717, 1.165) is 12.2 Å². The van der Waals surface area contributed by atoms with Gasteiger partial charge in [0.15, 0.2) is 4.60 Å². The van der Waals surface area contributed by atoms with E-state index in [2.05, 4.69) is 9.79 Å². The molecule has 0 saturated carbocycles. The fourth-order valence-electron chi connectivity index (χ4n) is 1.85. The number of nitrogens with zero attached hydrogens (tertiary/aromatic N) is 1. The second-order valence-electron chi connectivity index (χ2n) is 4.02. The standard InChI is InChI=1S/C12H8N2O4S2/c15-11(7-3-1-5-19-7)9-10(14(17)18-13-9)12(16)8-4-2-6-20-8/h2-4,6H,1,5H2/p+1. The van der Waals surface area contributed by atoms with Crippen LogP contribution in [-0.4, -0.2) is 22.5 Å². The minimum absolute atomic E-state index is 0.0511. The van der Waals surface area contributed by atoms with E-state index < -0.39 is 5.78 Å². The van der Waals surface area contributed by atoms with Crippen LogP contribution in [0.2, 0.25) is 0 Å². The fourth-order valence-corrected chi connectivity index (χ4v) is 3.44. The molecule has 0 fully saturated rings. The van der Waals surface area contributed by atoms with Crippen molar-refractivity contribution in [3.05, 3.63) is 49.7 Å². The van der Waals surface area contributed by atoms with Crippen molar-refractivity contribution in [3.63, 3.8) is 0 Å². The second-order valence-corrected chi connectivity index (χ2v) is 6.10. The highest BCUT2D eigenvalue weighted by Gasteiger charge is 2.35. The minimum Gasteiger partial charge on any atom is -0.284 e. The maximum Gasteiger partial charge on any atom is 0.324 e. The predicted octanol–water partition coefficient (Wildman–Crippen LogP) is 2.02. The molecule has 102 valence electrons. The van der Waals surface area contributed by atoms with Gasteiger partial charge in [-0.1, -0.05) is 21.9 Å². The van der Waals surface area contributed by atoms with Crippen LogP contribution in [0.4, 0.5) is 0 Å². The number of carbonyl (C=O) groups excluding carboxylic acids is 2. The molecule has 2 aromatic rings. The number of hydrogen-bond donors (Lipinski definition) is 1. The van der Waals surface area contributed by atoms with Crippen LogP contribution in [0.5, 0.6) is 0 Å². The van der Waals surface area contributed by atoms with Gasteiger partial charge in [-0.15, -0.1) is 23.1 Å². The zero-order valence-electron chi connectivity index (χ0n) is 10.1. The number of hydrogen-bond acceptors (Lipinski definition) is 6. The van der Waals surface area contributed by atoms with Crippen LogP contribution in [-0.2, 0) is 0 Å². The monoisotopic (exact) mass is 309 g/mol. The third kappa shape index (κ3) is 2.16. The van der Waals surface area contributed by atoms with E-state index in [1.165, 1.54) is 23.1 Å². The molecule has 20 heavy (non-hydrogen) atoms. The minimum atomic E-state index is -0.521. The van der Waals surface area contributed by atoms with Gasteiger partial charge in [0.2, 0.25) is 5.78 Å². The molecule has 1 N–H and O–H groups in total. The van der Waals surface area contributed by atoms with E-state index in [9.17, 15) is 14.5 Å². The summed E-state index contributed by atoms with van der Waals surface area (Å²) in [6, 6.07) is 3.30. The summed E-state index contributed by atoms with van der Waals surface area (Å²) in [5.41, 5.74) is -0.398. The average Bonchev–Trinajstić information content (AvgIpc) is 3.19. The van der Waals surface area contributed by atoms with Crippen LogP contribution in [0.15, 0.2) is 33.1 Å². The van der Waals surface area contributed by atoms with Gasteiger partial charge in [0.25, 0.3) is 11.5 Å². The summed E-state index contributed by atoms with van der Waals surface area (Å²) in [5, 5.41) is 3.97. The number of rotatable bonds is 4. The number of aromatic amines is 1.